The maximum Gasteiger partial charge on any atom is 0.344 e. The number of carbonyl (C=O) groups is 3. The van der Waals surface area contributed by atoms with E-state index in [4.69, 9.17) is 9.47 Å². The van der Waals surface area contributed by atoms with E-state index in [0.717, 1.165) is 19.3 Å². The van der Waals surface area contributed by atoms with Gasteiger partial charge >= 0.3 is 11.9 Å². The number of Topliss-reactive ketones (excluding diaryl/α,β-unsaturated/α-hetero) is 1. The molecule has 1 aliphatic rings. The van der Waals surface area contributed by atoms with Crippen molar-refractivity contribution >= 4 is 17.7 Å². The summed E-state index contributed by atoms with van der Waals surface area (Å²) in [4.78, 5) is 41.4. The van der Waals surface area contributed by atoms with Gasteiger partial charge in [0.1, 0.15) is 11.6 Å². The number of aromatic nitrogens is 1. The lowest BCUT2D eigenvalue weighted by Crippen LogP contribution is -2.22. The lowest BCUT2D eigenvalue weighted by Gasteiger charge is -2.23. The van der Waals surface area contributed by atoms with Gasteiger partial charge in [0.2, 0.25) is 11.8 Å². The number of benzene rings is 2. The molecule has 4 rings (SSSR count). The first-order valence-corrected chi connectivity index (χ1v) is 10.1. The molecule has 32 heavy (non-hydrogen) atoms. The van der Waals surface area contributed by atoms with Crippen molar-refractivity contribution in [2.24, 2.45) is 5.92 Å². The predicted octanol–water partition coefficient (Wildman–Crippen LogP) is 4.37. The van der Waals surface area contributed by atoms with Crippen LogP contribution < -0.4 is 9.47 Å². The molecule has 0 N–H and O–H groups in total. The number of rotatable bonds is 6. The minimum Gasteiger partial charge on any atom is -0.404 e. The van der Waals surface area contributed by atoms with Crippen LogP contribution in [0.15, 0.2) is 66.7 Å². The number of hydrogen-bond donors (Lipinski definition) is 0. The summed E-state index contributed by atoms with van der Waals surface area (Å²) in [5.41, 5.74) is 0.931. The molecule has 3 aromatic rings. The molecule has 1 fully saturated rings. The van der Waals surface area contributed by atoms with Crippen molar-refractivity contribution in [3.05, 3.63) is 89.0 Å². The molecule has 1 heterocycles. The Balaban J connectivity index is 1.52. The first-order chi connectivity index (χ1) is 15.5. The zero-order chi connectivity index (χ0) is 22.5. The van der Waals surface area contributed by atoms with Crippen LogP contribution in [0, 0.1) is 17.2 Å². The van der Waals surface area contributed by atoms with Crippen molar-refractivity contribution in [3.8, 4) is 17.8 Å². The summed E-state index contributed by atoms with van der Waals surface area (Å²) in [6, 6.07) is 19.2. The number of pyridine rings is 1. The van der Waals surface area contributed by atoms with E-state index in [-0.39, 0.29) is 34.6 Å². The summed E-state index contributed by atoms with van der Waals surface area (Å²) in [5.74, 6) is -1.80. The quantitative estimate of drug-likeness (QED) is 0.425. The van der Waals surface area contributed by atoms with Gasteiger partial charge in [0.15, 0.2) is 5.78 Å². The van der Waals surface area contributed by atoms with Crippen LogP contribution in [0.5, 0.6) is 11.8 Å². The normalized spacial score (nSPS) is 12.8. The van der Waals surface area contributed by atoms with Crippen LogP contribution in [-0.4, -0.2) is 22.7 Å². The predicted molar refractivity (Wildman–Crippen MR) is 113 cm³/mol. The first-order valence-electron chi connectivity index (χ1n) is 10.1. The zero-order valence-corrected chi connectivity index (χ0v) is 17.0. The molecular weight excluding hydrogens is 408 g/mol. The number of hydrogen-bond acceptors (Lipinski definition) is 7. The highest BCUT2D eigenvalue weighted by atomic mass is 16.6. The Morgan fingerprint density at radius 3 is 2.22 bits per heavy atom. The highest BCUT2D eigenvalue weighted by Gasteiger charge is 2.27. The molecule has 1 aromatic heterocycles. The maximum absolute atomic E-state index is 12.7. The smallest absolute Gasteiger partial charge is 0.344 e. The summed E-state index contributed by atoms with van der Waals surface area (Å²) in [6.45, 7) is 0. The third kappa shape index (κ3) is 4.55. The monoisotopic (exact) mass is 426 g/mol. The Morgan fingerprint density at radius 2 is 1.53 bits per heavy atom. The fourth-order valence-electron chi connectivity index (χ4n) is 3.22. The molecule has 0 bridgehead atoms. The average molecular weight is 426 g/mol. The topological polar surface area (TPSA) is 106 Å². The Morgan fingerprint density at radius 1 is 0.844 bits per heavy atom. The van der Waals surface area contributed by atoms with Gasteiger partial charge in [0.25, 0.3) is 0 Å². The van der Waals surface area contributed by atoms with Crippen molar-refractivity contribution in [1.29, 1.82) is 5.26 Å². The van der Waals surface area contributed by atoms with Gasteiger partial charge in [-0.05, 0) is 43.2 Å². The molecule has 1 aliphatic carbocycles. The van der Waals surface area contributed by atoms with Crippen molar-refractivity contribution in [1.82, 2.24) is 4.98 Å². The molecule has 158 valence electrons. The fraction of sp³-hybridized carbons (Fsp3) is 0.160. The second-order valence-corrected chi connectivity index (χ2v) is 7.33. The summed E-state index contributed by atoms with van der Waals surface area (Å²) >= 11 is 0. The van der Waals surface area contributed by atoms with E-state index in [2.05, 4.69) is 4.98 Å². The molecule has 7 nitrogen and oxygen atoms in total. The number of nitrogens with zero attached hydrogens (tertiary/aromatic N) is 2. The number of carbonyl (C=O) groups excluding carboxylic acids is 3. The van der Waals surface area contributed by atoms with Crippen LogP contribution >= 0.6 is 0 Å². The summed E-state index contributed by atoms with van der Waals surface area (Å²) < 4.78 is 10.5. The van der Waals surface area contributed by atoms with Crippen LogP contribution in [-0.2, 0) is 0 Å². The average Bonchev–Trinajstić information content (AvgIpc) is 2.79. The van der Waals surface area contributed by atoms with Gasteiger partial charge in [0.05, 0.1) is 11.1 Å². The van der Waals surface area contributed by atoms with Crippen LogP contribution in [0.25, 0.3) is 0 Å². The van der Waals surface area contributed by atoms with Gasteiger partial charge in [-0.3, -0.25) is 4.79 Å². The van der Waals surface area contributed by atoms with Gasteiger partial charge in [-0.25, -0.2) is 9.59 Å². The lowest BCUT2D eigenvalue weighted by atomic mass is 9.80. The summed E-state index contributed by atoms with van der Waals surface area (Å²) in [5, 5.41) is 9.33. The number of esters is 2. The van der Waals surface area contributed by atoms with Crippen molar-refractivity contribution in [3.63, 3.8) is 0 Å². The molecule has 1 saturated carbocycles. The highest BCUT2D eigenvalue weighted by molar-refractivity contribution is 6.01. The van der Waals surface area contributed by atoms with Crippen LogP contribution in [0.1, 0.15) is 55.9 Å². The molecule has 2 aromatic carbocycles. The molecule has 0 radical (unpaired) electrons. The van der Waals surface area contributed by atoms with Crippen molar-refractivity contribution < 1.29 is 23.9 Å². The molecule has 0 atom stereocenters. The fourth-order valence-corrected chi connectivity index (χ4v) is 3.22. The Hall–Kier alpha value is -4.31. The molecule has 0 amide bonds. The minimum atomic E-state index is -0.774. The minimum absolute atomic E-state index is 0.000408. The number of ketones is 1. The van der Waals surface area contributed by atoms with E-state index >= 15 is 0 Å². The standard InChI is InChI=1S/C25H18N2O5/c26-15-20-12-13-21(31-24(29)17-6-2-1-3-7-17)27-23(20)32-25(30)19-11-5-10-18(14-19)22(28)16-8-4-9-16/h1-3,5-7,10-14,16H,4,8-9H2. The Bertz CT molecular complexity index is 1230. The third-order valence-corrected chi connectivity index (χ3v) is 5.21. The van der Waals surface area contributed by atoms with Crippen molar-refractivity contribution in [2.75, 3.05) is 0 Å². The van der Waals surface area contributed by atoms with E-state index in [1.54, 1.807) is 42.5 Å². The first kappa shape index (κ1) is 20.9. The van der Waals surface area contributed by atoms with E-state index < -0.39 is 11.9 Å². The van der Waals surface area contributed by atoms with Gasteiger partial charge in [-0.2, -0.15) is 10.2 Å². The van der Waals surface area contributed by atoms with Gasteiger partial charge in [0, 0.05) is 17.5 Å². The SMILES string of the molecule is N#Cc1ccc(OC(=O)c2ccccc2)nc1OC(=O)c1cccc(C(=O)C2CCC2)c1. The van der Waals surface area contributed by atoms with Gasteiger partial charge in [-0.1, -0.05) is 36.8 Å². The second-order valence-electron chi connectivity index (χ2n) is 7.33. The summed E-state index contributed by atoms with van der Waals surface area (Å²) in [7, 11) is 0. The highest BCUT2D eigenvalue weighted by Crippen LogP contribution is 2.30. The van der Waals surface area contributed by atoms with Gasteiger partial charge < -0.3 is 9.47 Å². The van der Waals surface area contributed by atoms with Gasteiger partial charge in [-0.15, -0.1) is 0 Å². The molecule has 0 saturated heterocycles. The molecule has 0 aliphatic heterocycles. The van der Waals surface area contributed by atoms with Crippen LogP contribution in [0.4, 0.5) is 0 Å². The third-order valence-electron chi connectivity index (χ3n) is 5.21. The number of ether oxygens (including phenoxy) is 2. The zero-order valence-electron chi connectivity index (χ0n) is 17.0. The molecule has 0 spiro atoms. The Kier molecular flexibility index (Phi) is 6.04. The second kappa shape index (κ2) is 9.23. The number of nitriles is 1. The summed E-state index contributed by atoms with van der Waals surface area (Å²) in [6.07, 6.45) is 2.75. The largest absolute Gasteiger partial charge is 0.404 e. The van der Waals surface area contributed by atoms with Crippen molar-refractivity contribution in [2.45, 2.75) is 19.3 Å². The molecular formula is C25H18N2O5. The van der Waals surface area contributed by atoms with E-state index in [0.29, 0.717) is 11.1 Å². The van der Waals surface area contributed by atoms with E-state index in [1.807, 2.05) is 6.07 Å². The molecule has 7 heteroatoms. The van der Waals surface area contributed by atoms with E-state index in [9.17, 15) is 19.6 Å². The van der Waals surface area contributed by atoms with Crippen LogP contribution in [0.3, 0.4) is 0 Å². The molecule has 0 unspecified atom stereocenters. The maximum atomic E-state index is 12.7. The Labute approximate surface area is 184 Å². The van der Waals surface area contributed by atoms with E-state index in [1.165, 1.54) is 24.3 Å². The van der Waals surface area contributed by atoms with Crippen LogP contribution in [0.2, 0.25) is 0 Å². The lowest BCUT2D eigenvalue weighted by molar-refractivity contribution is 0.0717.